The summed E-state index contributed by atoms with van der Waals surface area (Å²) in [6, 6.07) is 53.3. The number of aromatic amines is 1. The fraction of sp³-hybridized carbons (Fsp3) is 0. The van der Waals surface area contributed by atoms with E-state index in [0.29, 0.717) is 0 Å². The molecule has 8 heteroatoms. The van der Waals surface area contributed by atoms with E-state index in [-0.39, 0.29) is 57.0 Å². The Morgan fingerprint density at radius 2 is 0.865 bits per heavy atom. The number of para-hydroxylation sites is 1. The van der Waals surface area contributed by atoms with Gasteiger partial charge in [0, 0.05) is 33.4 Å². The molecule has 250 valence electrons. The molecule has 4 nitrogen and oxygen atoms in total. The number of rotatable bonds is 4. The quantitative estimate of drug-likeness (QED) is 0.277. The summed E-state index contributed by atoms with van der Waals surface area (Å²) in [5, 5.41) is 0. The van der Waals surface area contributed by atoms with Crippen molar-refractivity contribution in [3.05, 3.63) is 174 Å². The topological polar surface area (TPSA) is 46.5 Å². The molecule has 2 aliphatic rings. The second-order valence-corrected chi connectivity index (χ2v) is 12.0. The van der Waals surface area contributed by atoms with Gasteiger partial charge in [0.2, 0.25) is 0 Å². The van der Waals surface area contributed by atoms with Crippen LogP contribution in [0, 0.1) is 0 Å². The Hall–Kier alpha value is -5.01. The summed E-state index contributed by atoms with van der Waals surface area (Å²) >= 11 is 0. The predicted molar refractivity (Wildman–Crippen MR) is 206 cm³/mol. The number of nitrogens with one attached hydrogen (secondary N) is 1. The Balaban J connectivity index is 0.00000131. The number of benzene rings is 4. The summed E-state index contributed by atoms with van der Waals surface area (Å²) in [4.78, 5) is 13.9. The molecule has 0 spiro atoms. The summed E-state index contributed by atoms with van der Waals surface area (Å²) in [6.45, 7) is 0. The molecular weight excluding hydrogens is 761 g/mol. The Morgan fingerprint density at radius 1 is 0.423 bits per heavy atom. The molecule has 0 aliphatic carbocycles. The van der Waals surface area contributed by atoms with E-state index in [1.807, 2.05) is 0 Å². The predicted octanol–water partition coefficient (Wildman–Crippen LogP) is 1.75. The molecular formula is C44H30Cl3GaN4. The third-order valence-electron chi connectivity index (χ3n) is 8.87. The third-order valence-corrected chi connectivity index (χ3v) is 8.87. The fourth-order valence-electron chi connectivity index (χ4n) is 6.81. The van der Waals surface area contributed by atoms with Gasteiger partial charge in [-0.2, -0.15) is 0 Å². The first-order chi connectivity index (χ1) is 23.8. The molecule has 2 aliphatic heterocycles. The molecule has 0 radical (unpaired) electrons. The molecule has 0 atom stereocenters. The van der Waals surface area contributed by atoms with Gasteiger partial charge in [-0.15, -0.1) is 0 Å². The van der Waals surface area contributed by atoms with Gasteiger partial charge in [0.15, 0.2) is 0 Å². The zero-order valence-electron chi connectivity index (χ0n) is 27.8. The Bertz CT molecular complexity index is 2550. The Morgan fingerprint density at radius 3 is 1.42 bits per heavy atom. The molecule has 9 rings (SSSR count). The van der Waals surface area contributed by atoms with Gasteiger partial charge in [0.05, 0.1) is 33.8 Å². The Labute approximate surface area is 334 Å². The molecule has 8 bridgehead atoms. The number of H-pyrrole nitrogens is 1. The van der Waals surface area contributed by atoms with Crippen molar-refractivity contribution < 1.29 is 37.2 Å². The van der Waals surface area contributed by atoms with Crippen LogP contribution in [-0.2, 0) is 0 Å². The van der Waals surface area contributed by atoms with Gasteiger partial charge >= 0.3 is 19.8 Å². The molecule has 52 heavy (non-hydrogen) atoms. The third kappa shape index (κ3) is 7.20. The van der Waals surface area contributed by atoms with Crippen molar-refractivity contribution in [2.24, 2.45) is 0 Å². The smallest absolute Gasteiger partial charge is 1.00 e. The van der Waals surface area contributed by atoms with Crippen molar-refractivity contribution in [3.8, 4) is 39.1 Å². The number of aromatic nitrogens is 4. The number of fused-ring (bicyclic) bond motifs is 8. The van der Waals surface area contributed by atoms with Gasteiger partial charge in [0.25, 0.3) is 0 Å². The molecule has 0 unspecified atom stereocenters. The van der Waals surface area contributed by atoms with E-state index in [9.17, 15) is 0 Å². The van der Waals surface area contributed by atoms with Gasteiger partial charge in [-0.3, -0.25) is 0 Å². The molecule has 5 heterocycles. The van der Waals surface area contributed by atoms with Crippen LogP contribution >= 0.6 is 0 Å². The minimum Gasteiger partial charge on any atom is -1.00 e. The van der Waals surface area contributed by atoms with E-state index < -0.39 is 0 Å². The molecule has 7 aromatic rings. The van der Waals surface area contributed by atoms with Crippen molar-refractivity contribution in [2.45, 2.75) is 0 Å². The zero-order valence-corrected chi connectivity index (χ0v) is 32.5. The fourth-order valence-corrected chi connectivity index (χ4v) is 6.81. The first-order valence-electron chi connectivity index (χ1n) is 16.2. The molecule has 0 amide bonds. The standard InChI is InChI=1S/C44H30N4.3ClH.Ga/c1-5-13-30(14-6-1)41-39-26-25-36(47-39)28-35-22-21-33(45-35)27-34-23-24-37(46-34)29-40-42(31-15-7-2-8-16-31)43(32-17-9-3-10-18-32)44(41)48(40)38-19-11-4-12-20-38;;;;/h1-29,45H;3*1H;/q;;;;+3/p-3. The molecule has 1 N–H and O–H groups in total. The van der Waals surface area contributed by atoms with Crippen LogP contribution in [0.15, 0.2) is 152 Å². The average Bonchev–Trinajstić information content (AvgIpc) is 3.95. The minimum absolute atomic E-state index is 0. The second-order valence-electron chi connectivity index (χ2n) is 12.0. The maximum absolute atomic E-state index is 5.29. The molecule has 4 aromatic carbocycles. The summed E-state index contributed by atoms with van der Waals surface area (Å²) < 4.78 is 2.41. The minimum atomic E-state index is 0. The monoisotopic (exact) mass is 788 g/mol. The second kappa shape index (κ2) is 16.6. The van der Waals surface area contributed by atoms with Crippen molar-refractivity contribution in [1.29, 1.82) is 0 Å². The van der Waals surface area contributed by atoms with E-state index in [1.54, 1.807) is 0 Å². The number of halogens is 3. The first kappa shape index (κ1) is 38.2. The van der Waals surface area contributed by atoms with E-state index in [2.05, 4.69) is 186 Å². The van der Waals surface area contributed by atoms with Crippen molar-refractivity contribution >= 4 is 66.2 Å². The summed E-state index contributed by atoms with van der Waals surface area (Å²) in [5.41, 5.74) is 15.4. The van der Waals surface area contributed by atoms with Crippen LogP contribution in [0.5, 0.6) is 0 Å². The zero-order chi connectivity index (χ0) is 31.9. The van der Waals surface area contributed by atoms with Crippen LogP contribution < -0.4 is 37.2 Å². The summed E-state index contributed by atoms with van der Waals surface area (Å²) in [7, 11) is 0. The maximum Gasteiger partial charge on any atom is 3.00 e. The van der Waals surface area contributed by atoms with E-state index in [0.717, 1.165) is 83.9 Å². The average molecular weight is 791 g/mol. The van der Waals surface area contributed by atoms with Crippen LogP contribution in [0.4, 0.5) is 0 Å². The number of nitrogens with zero attached hydrogens (tertiary/aromatic N) is 3. The van der Waals surface area contributed by atoms with Crippen molar-refractivity contribution in [2.75, 3.05) is 0 Å². The number of hydrogen-bond acceptors (Lipinski definition) is 2. The van der Waals surface area contributed by atoms with E-state index in [1.165, 1.54) is 0 Å². The van der Waals surface area contributed by atoms with Gasteiger partial charge in [-0.05, 0) is 83.5 Å². The van der Waals surface area contributed by atoms with E-state index >= 15 is 0 Å². The van der Waals surface area contributed by atoms with Gasteiger partial charge in [-0.1, -0.05) is 109 Å². The molecule has 0 fully saturated rings. The Kier molecular flexibility index (Phi) is 12.2. The van der Waals surface area contributed by atoms with Crippen molar-refractivity contribution in [1.82, 2.24) is 19.5 Å². The SMILES string of the molecule is C1=Cc2cc3c(-c4ccccc4)c(-c4ccccc4)c(c(-c4ccccc4)c4nc(cc5ccc(cc1n2)[nH]5)C=C4)n3-c1ccccc1.[Cl-].[Cl-].[Cl-].[Ga+3]. The first-order valence-corrected chi connectivity index (χ1v) is 16.2. The van der Waals surface area contributed by atoms with Gasteiger partial charge in [0.1, 0.15) is 0 Å². The normalized spacial score (nSPS) is 11.1. The van der Waals surface area contributed by atoms with Gasteiger partial charge in [-0.25, -0.2) is 9.97 Å². The van der Waals surface area contributed by atoms with E-state index in [4.69, 9.17) is 9.97 Å². The van der Waals surface area contributed by atoms with Crippen LogP contribution in [0.2, 0.25) is 0 Å². The maximum atomic E-state index is 5.29. The number of hydrogen-bond donors (Lipinski definition) is 1. The van der Waals surface area contributed by atoms with Crippen LogP contribution in [0.25, 0.3) is 85.4 Å². The summed E-state index contributed by atoms with van der Waals surface area (Å²) in [6.07, 6.45) is 8.44. The van der Waals surface area contributed by atoms with Crippen molar-refractivity contribution in [3.63, 3.8) is 0 Å². The molecule has 0 saturated heterocycles. The largest absolute Gasteiger partial charge is 3.00 e. The van der Waals surface area contributed by atoms with Gasteiger partial charge < -0.3 is 46.8 Å². The van der Waals surface area contributed by atoms with Crippen LogP contribution in [0.3, 0.4) is 0 Å². The summed E-state index contributed by atoms with van der Waals surface area (Å²) in [5.74, 6) is 0. The molecule has 0 saturated carbocycles. The van der Waals surface area contributed by atoms with Crippen LogP contribution in [0.1, 0.15) is 22.8 Å². The van der Waals surface area contributed by atoms with Crippen LogP contribution in [-0.4, -0.2) is 39.3 Å². The molecule has 3 aromatic heterocycles.